The van der Waals surface area contributed by atoms with Crippen LogP contribution in [0.4, 0.5) is 5.69 Å². The standard InChI is InChI=1S/C16H18N2O2/c19-11-9-13-3-6-15(7-4-13)18-16(20)8-5-14-2-1-10-17-12-14/h1-4,6-7,10,12,19H,5,8-9,11H2,(H,18,20). The van der Waals surface area contributed by atoms with Crippen LogP contribution in [-0.2, 0) is 17.6 Å². The summed E-state index contributed by atoms with van der Waals surface area (Å²) in [7, 11) is 0. The predicted molar refractivity (Wildman–Crippen MR) is 78.4 cm³/mol. The Morgan fingerprint density at radius 3 is 2.55 bits per heavy atom. The first-order chi connectivity index (χ1) is 9.78. The molecule has 0 atom stereocenters. The van der Waals surface area contributed by atoms with E-state index in [0.29, 0.717) is 19.3 Å². The Labute approximate surface area is 118 Å². The second-order valence-corrected chi connectivity index (χ2v) is 4.58. The molecule has 1 amide bonds. The number of benzene rings is 1. The summed E-state index contributed by atoms with van der Waals surface area (Å²) in [6.07, 6.45) is 5.25. The summed E-state index contributed by atoms with van der Waals surface area (Å²) < 4.78 is 0. The van der Waals surface area contributed by atoms with Gasteiger partial charge in [0.05, 0.1) is 0 Å². The Balaban J connectivity index is 1.82. The van der Waals surface area contributed by atoms with E-state index in [9.17, 15) is 4.79 Å². The third-order valence-corrected chi connectivity index (χ3v) is 3.00. The molecule has 0 fully saturated rings. The molecule has 0 unspecified atom stereocenters. The highest BCUT2D eigenvalue weighted by Crippen LogP contribution is 2.11. The summed E-state index contributed by atoms with van der Waals surface area (Å²) in [6.45, 7) is 0.136. The van der Waals surface area contributed by atoms with Gasteiger partial charge in [-0.1, -0.05) is 18.2 Å². The average Bonchev–Trinajstić information content (AvgIpc) is 2.49. The molecule has 4 heteroatoms. The first-order valence-electron chi connectivity index (χ1n) is 6.66. The molecule has 2 N–H and O–H groups in total. The number of nitrogens with one attached hydrogen (secondary N) is 1. The highest BCUT2D eigenvalue weighted by atomic mass is 16.2. The molecule has 1 heterocycles. The lowest BCUT2D eigenvalue weighted by atomic mass is 10.1. The van der Waals surface area contributed by atoms with E-state index in [1.165, 1.54) is 0 Å². The van der Waals surface area contributed by atoms with Gasteiger partial charge in [-0.05, 0) is 42.2 Å². The van der Waals surface area contributed by atoms with Crippen LogP contribution in [0.3, 0.4) is 0 Å². The zero-order chi connectivity index (χ0) is 14.2. The molecule has 0 saturated carbocycles. The molecule has 4 nitrogen and oxygen atoms in total. The van der Waals surface area contributed by atoms with Crippen molar-refractivity contribution in [3.8, 4) is 0 Å². The van der Waals surface area contributed by atoms with Gasteiger partial charge in [-0.3, -0.25) is 9.78 Å². The first-order valence-corrected chi connectivity index (χ1v) is 6.66. The van der Waals surface area contributed by atoms with Crippen LogP contribution in [0.2, 0.25) is 0 Å². The van der Waals surface area contributed by atoms with Crippen molar-refractivity contribution in [2.24, 2.45) is 0 Å². The number of carbonyl (C=O) groups is 1. The van der Waals surface area contributed by atoms with E-state index in [4.69, 9.17) is 5.11 Å². The van der Waals surface area contributed by atoms with Gasteiger partial charge in [0, 0.05) is 31.1 Å². The van der Waals surface area contributed by atoms with Crippen LogP contribution in [-0.4, -0.2) is 22.6 Å². The van der Waals surface area contributed by atoms with Crippen LogP contribution in [0.1, 0.15) is 17.5 Å². The maximum atomic E-state index is 11.8. The number of amides is 1. The molecule has 0 aliphatic carbocycles. The van der Waals surface area contributed by atoms with E-state index in [1.807, 2.05) is 36.4 Å². The van der Waals surface area contributed by atoms with Crippen LogP contribution < -0.4 is 5.32 Å². The minimum Gasteiger partial charge on any atom is -0.396 e. The molecule has 104 valence electrons. The van der Waals surface area contributed by atoms with Gasteiger partial charge < -0.3 is 10.4 Å². The number of carbonyl (C=O) groups excluding carboxylic acids is 1. The third kappa shape index (κ3) is 4.48. The van der Waals surface area contributed by atoms with Crippen molar-refractivity contribution in [3.63, 3.8) is 0 Å². The van der Waals surface area contributed by atoms with Gasteiger partial charge in [0.15, 0.2) is 0 Å². The molecule has 0 saturated heterocycles. The number of nitrogens with zero attached hydrogens (tertiary/aromatic N) is 1. The Morgan fingerprint density at radius 1 is 1.10 bits per heavy atom. The van der Waals surface area contributed by atoms with Crippen molar-refractivity contribution >= 4 is 11.6 Å². The number of aliphatic hydroxyl groups excluding tert-OH is 1. The number of hydrogen-bond donors (Lipinski definition) is 2. The highest BCUT2D eigenvalue weighted by molar-refractivity contribution is 5.90. The average molecular weight is 270 g/mol. The summed E-state index contributed by atoms with van der Waals surface area (Å²) in [5.74, 6) is -0.0104. The van der Waals surface area contributed by atoms with Crippen molar-refractivity contribution < 1.29 is 9.90 Å². The van der Waals surface area contributed by atoms with Crippen molar-refractivity contribution in [2.75, 3.05) is 11.9 Å². The lowest BCUT2D eigenvalue weighted by Crippen LogP contribution is -2.12. The van der Waals surface area contributed by atoms with Gasteiger partial charge in [-0.2, -0.15) is 0 Å². The van der Waals surface area contributed by atoms with Gasteiger partial charge in [0.1, 0.15) is 0 Å². The van der Waals surface area contributed by atoms with Crippen molar-refractivity contribution in [1.82, 2.24) is 4.98 Å². The van der Waals surface area contributed by atoms with E-state index < -0.39 is 0 Å². The quantitative estimate of drug-likeness (QED) is 0.845. The zero-order valence-electron chi connectivity index (χ0n) is 11.2. The number of pyridine rings is 1. The molecule has 0 aliphatic heterocycles. The van der Waals surface area contributed by atoms with Gasteiger partial charge in [-0.25, -0.2) is 0 Å². The van der Waals surface area contributed by atoms with Crippen LogP contribution in [0.25, 0.3) is 0 Å². The lowest BCUT2D eigenvalue weighted by Gasteiger charge is -2.06. The molecule has 2 rings (SSSR count). The second kappa shape index (κ2) is 7.40. The van der Waals surface area contributed by atoms with E-state index in [2.05, 4.69) is 10.3 Å². The molecule has 0 spiro atoms. The van der Waals surface area contributed by atoms with Crippen LogP contribution in [0.15, 0.2) is 48.8 Å². The Morgan fingerprint density at radius 2 is 1.90 bits per heavy atom. The van der Waals surface area contributed by atoms with Crippen LogP contribution in [0, 0.1) is 0 Å². The van der Waals surface area contributed by atoms with Gasteiger partial charge in [0.2, 0.25) is 5.91 Å². The van der Waals surface area contributed by atoms with Gasteiger partial charge in [0.25, 0.3) is 0 Å². The second-order valence-electron chi connectivity index (χ2n) is 4.58. The van der Waals surface area contributed by atoms with E-state index in [-0.39, 0.29) is 12.5 Å². The summed E-state index contributed by atoms with van der Waals surface area (Å²) in [5.41, 5.74) is 2.89. The number of aromatic nitrogens is 1. The molecule has 1 aromatic heterocycles. The topological polar surface area (TPSA) is 62.2 Å². The normalized spacial score (nSPS) is 10.2. The van der Waals surface area contributed by atoms with Crippen LogP contribution >= 0.6 is 0 Å². The zero-order valence-corrected chi connectivity index (χ0v) is 11.2. The monoisotopic (exact) mass is 270 g/mol. The molecule has 0 bridgehead atoms. The van der Waals surface area contributed by atoms with Crippen molar-refractivity contribution in [1.29, 1.82) is 0 Å². The predicted octanol–water partition coefficient (Wildman–Crippen LogP) is 2.19. The maximum absolute atomic E-state index is 11.8. The number of anilines is 1. The summed E-state index contributed by atoms with van der Waals surface area (Å²) in [6, 6.07) is 11.4. The Hall–Kier alpha value is -2.20. The summed E-state index contributed by atoms with van der Waals surface area (Å²) in [4.78, 5) is 15.8. The third-order valence-electron chi connectivity index (χ3n) is 3.00. The van der Waals surface area contributed by atoms with Gasteiger partial charge in [-0.15, -0.1) is 0 Å². The number of aliphatic hydroxyl groups is 1. The van der Waals surface area contributed by atoms with E-state index in [0.717, 1.165) is 16.8 Å². The first kappa shape index (κ1) is 14.2. The number of hydrogen-bond acceptors (Lipinski definition) is 3. The molecular weight excluding hydrogens is 252 g/mol. The van der Waals surface area contributed by atoms with Crippen molar-refractivity contribution in [2.45, 2.75) is 19.3 Å². The fourth-order valence-electron chi connectivity index (χ4n) is 1.91. The number of aryl methyl sites for hydroxylation is 1. The van der Waals surface area contributed by atoms with E-state index in [1.54, 1.807) is 12.4 Å². The smallest absolute Gasteiger partial charge is 0.224 e. The molecule has 2 aromatic rings. The maximum Gasteiger partial charge on any atom is 0.224 e. The number of rotatable bonds is 6. The lowest BCUT2D eigenvalue weighted by molar-refractivity contribution is -0.116. The molecule has 1 aromatic carbocycles. The molecule has 20 heavy (non-hydrogen) atoms. The molecular formula is C16H18N2O2. The minimum atomic E-state index is -0.0104. The van der Waals surface area contributed by atoms with Crippen molar-refractivity contribution in [3.05, 3.63) is 59.9 Å². The Kier molecular flexibility index (Phi) is 5.26. The Bertz CT molecular complexity index is 538. The fourth-order valence-corrected chi connectivity index (χ4v) is 1.91. The van der Waals surface area contributed by atoms with E-state index >= 15 is 0 Å². The molecule has 0 aliphatic rings. The van der Waals surface area contributed by atoms with Gasteiger partial charge >= 0.3 is 0 Å². The fraction of sp³-hybridized carbons (Fsp3) is 0.250. The largest absolute Gasteiger partial charge is 0.396 e. The highest BCUT2D eigenvalue weighted by Gasteiger charge is 2.03. The SMILES string of the molecule is O=C(CCc1cccnc1)Nc1ccc(CCO)cc1. The summed E-state index contributed by atoms with van der Waals surface area (Å²) >= 11 is 0. The molecule has 0 radical (unpaired) electrons. The van der Waals surface area contributed by atoms with Crippen LogP contribution in [0.5, 0.6) is 0 Å². The minimum absolute atomic E-state index is 0.0104. The summed E-state index contributed by atoms with van der Waals surface area (Å²) in [5, 5.41) is 11.7.